The Kier molecular flexibility index (Phi) is 2.97. The van der Waals surface area contributed by atoms with Crippen LogP contribution >= 0.6 is 0 Å². The Labute approximate surface area is 71.2 Å². The minimum absolute atomic E-state index is 0.191. The van der Waals surface area contributed by atoms with Crippen molar-refractivity contribution in [3.63, 3.8) is 0 Å². The molecule has 0 radical (unpaired) electrons. The number of hydrogen-bond donors (Lipinski definition) is 0. The Hall–Kier alpha value is -1.18. The molecule has 0 aliphatic rings. The first-order valence-corrected chi connectivity index (χ1v) is 3.88. The van der Waals surface area contributed by atoms with Crippen molar-refractivity contribution in [2.45, 2.75) is 19.5 Å². The first-order valence-electron chi connectivity index (χ1n) is 3.88. The third kappa shape index (κ3) is 2.46. The number of carbonyl (C=O) groups is 1. The van der Waals surface area contributed by atoms with Crippen LogP contribution in [-0.2, 0) is 11.2 Å². The molecule has 0 saturated carbocycles. The SMILES string of the molecule is CC(=O)C(F)Cc1ccccc1. The van der Waals surface area contributed by atoms with Crippen LogP contribution in [0.1, 0.15) is 12.5 Å². The van der Waals surface area contributed by atoms with Crippen molar-refractivity contribution in [2.24, 2.45) is 0 Å². The van der Waals surface area contributed by atoms with Gasteiger partial charge in [0.25, 0.3) is 0 Å². The largest absolute Gasteiger partial charge is 0.297 e. The van der Waals surface area contributed by atoms with E-state index in [0.717, 1.165) is 5.56 Å². The molecular formula is C10H11FO. The maximum Gasteiger partial charge on any atom is 0.164 e. The predicted molar refractivity (Wildman–Crippen MR) is 45.7 cm³/mol. The third-order valence-corrected chi connectivity index (χ3v) is 1.70. The standard InChI is InChI=1S/C10H11FO/c1-8(12)10(11)7-9-5-3-2-4-6-9/h2-6,10H,7H2,1H3. The lowest BCUT2D eigenvalue weighted by molar-refractivity contribution is -0.121. The van der Waals surface area contributed by atoms with Gasteiger partial charge in [-0.1, -0.05) is 30.3 Å². The van der Waals surface area contributed by atoms with Crippen molar-refractivity contribution in [3.8, 4) is 0 Å². The van der Waals surface area contributed by atoms with Gasteiger partial charge < -0.3 is 0 Å². The quantitative estimate of drug-likeness (QED) is 0.672. The van der Waals surface area contributed by atoms with Gasteiger partial charge in [-0.2, -0.15) is 0 Å². The molecule has 1 nitrogen and oxygen atoms in total. The van der Waals surface area contributed by atoms with Crippen molar-refractivity contribution >= 4 is 5.78 Å². The normalized spacial score (nSPS) is 12.5. The van der Waals surface area contributed by atoms with Crippen LogP contribution in [0.15, 0.2) is 30.3 Å². The fourth-order valence-corrected chi connectivity index (χ4v) is 0.965. The molecule has 0 N–H and O–H groups in total. The van der Waals surface area contributed by atoms with Crippen LogP contribution in [0.4, 0.5) is 4.39 Å². The summed E-state index contributed by atoms with van der Waals surface area (Å²) in [5.41, 5.74) is 0.861. The molecule has 0 amide bonds. The second-order valence-electron chi connectivity index (χ2n) is 2.77. The molecule has 2 heteroatoms. The van der Waals surface area contributed by atoms with Crippen LogP contribution in [0, 0.1) is 0 Å². The highest BCUT2D eigenvalue weighted by Crippen LogP contribution is 2.05. The average molecular weight is 166 g/mol. The van der Waals surface area contributed by atoms with Crippen LogP contribution < -0.4 is 0 Å². The predicted octanol–water partition coefficient (Wildman–Crippen LogP) is 2.16. The summed E-state index contributed by atoms with van der Waals surface area (Å²) in [5, 5.41) is 0. The molecule has 0 heterocycles. The van der Waals surface area contributed by atoms with E-state index in [4.69, 9.17) is 0 Å². The van der Waals surface area contributed by atoms with Gasteiger partial charge in [0.05, 0.1) is 0 Å². The number of hydrogen-bond acceptors (Lipinski definition) is 1. The molecule has 0 spiro atoms. The number of benzene rings is 1. The van der Waals surface area contributed by atoms with E-state index in [1.165, 1.54) is 6.92 Å². The summed E-state index contributed by atoms with van der Waals surface area (Å²) in [4.78, 5) is 10.6. The van der Waals surface area contributed by atoms with Crippen molar-refractivity contribution in [1.82, 2.24) is 0 Å². The van der Waals surface area contributed by atoms with Gasteiger partial charge in [0.1, 0.15) is 0 Å². The molecule has 1 rings (SSSR count). The molecule has 1 aromatic carbocycles. The van der Waals surface area contributed by atoms with E-state index in [-0.39, 0.29) is 6.42 Å². The summed E-state index contributed by atoms with van der Waals surface area (Å²) in [6.07, 6.45) is -1.16. The van der Waals surface area contributed by atoms with E-state index in [0.29, 0.717) is 0 Å². The molecule has 12 heavy (non-hydrogen) atoms. The molecule has 0 saturated heterocycles. The fourth-order valence-electron chi connectivity index (χ4n) is 0.965. The van der Waals surface area contributed by atoms with Gasteiger partial charge in [0.15, 0.2) is 12.0 Å². The fraction of sp³-hybridized carbons (Fsp3) is 0.300. The Morgan fingerprint density at radius 3 is 2.50 bits per heavy atom. The second kappa shape index (κ2) is 4.00. The zero-order valence-electron chi connectivity index (χ0n) is 6.96. The first-order chi connectivity index (χ1) is 5.70. The smallest absolute Gasteiger partial charge is 0.164 e. The van der Waals surface area contributed by atoms with Gasteiger partial charge in [-0.05, 0) is 12.5 Å². The van der Waals surface area contributed by atoms with Crippen LogP contribution in [0.2, 0.25) is 0 Å². The number of carbonyl (C=O) groups excluding carboxylic acids is 1. The van der Waals surface area contributed by atoms with E-state index in [2.05, 4.69) is 0 Å². The minimum atomic E-state index is -1.35. The summed E-state index contributed by atoms with van der Waals surface area (Å²) in [7, 11) is 0. The molecule has 0 aromatic heterocycles. The third-order valence-electron chi connectivity index (χ3n) is 1.70. The molecular weight excluding hydrogens is 155 g/mol. The molecule has 1 aromatic rings. The van der Waals surface area contributed by atoms with Crippen molar-refractivity contribution < 1.29 is 9.18 Å². The number of Topliss-reactive ketones (excluding diaryl/α,β-unsaturated/α-hetero) is 1. The summed E-state index contributed by atoms with van der Waals surface area (Å²) in [6.45, 7) is 1.27. The van der Waals surface area contributed by atoms with Gasteiger partial charge in [-0.15, -0.1) is 0 Å². The van der Waals surface area contributed by atoms with Gasteiger partial charge >= 0.3 is 0 Å². The highest BCUT2D eigenvalue weighted by molar-refractivity contribution is 5.80. The molecule has 0 aliphatic heterocycles. The van der Waals surface area contributed by atoms with Gasteiger partial charge in [0, 0.05) is 6.42 Å². The summed E-state index contributed by atoms with van der Waals surface area (Å²) < 4.78 is 12.9. The van der Waals surface area contributed by atoms with E-state index < -0.39 is 12.0 Å². The summed E-state index contributed by atoms with van der Waals surface area (Å²) in [6, 6.07) is 9.17. The number of rotatable bonds is 3. The van der Waals surface area contributed by atoms with Crippen LogP contribution in [0.25, 0.3) is 0 Å². The second-order valence-corrected chi connectivity index (χ2v) is 2.77. The molecule has 64 valence electrons. The maximum absolute atomic E-state index is 12.9. The van der Waals surface area contributed by atoms with Crippen molar-refractivity contribution in [1.29, 1.82) is 0 Å². The minimum Gasteiger partial charge on any atom is -0.297 e. The van der Waals surface area contributed by atoms with Gasteiger partial charge in [0.2, 0.25) is 0 Å². The summed E-state index contributed by atoms with van der Waals surface area (Å²) >= 11 is 0. The maximum atomic E-state index is 12.9. The highest BCUT2D eigenvalue weighted by Gasteiger charge is 2.11. The van der Waals surface area contributed by atoms with E-state index >= 15 is 0 Å². The molecule has 0 fully saturated rings. The molecule has 0 aliphatic carbocycles. The van der Waals surface area contributed by atoms with E-state index in [9.17, 15) is 9.18 Å². The van der Waals surface area contributed by atoms with E-state index in [1.807, 2.05) is 30.3 Å². The zero-order chi connectivity index (χ0) is 8.97. The Bertz CT molecular complexity index is 256. The van der Waals surface area contributed by atoms with Crippen molar-refractivity contribution in [2.75, 3.05) is 0 Å². The highest BCUT2D eigenvalue weighted by atomic mass is 19.1. The molecule has 1 atom stereocenters. The van der Waals surface area contributed by atoms with Gasteiger partial charge in [-0.3, -0.25) is 4.79 Å². The lowest BCUT2D eigenvalue weighted by Gasteiger charge is -2.02. The average Bonchev–Trinajstić information content (AvgIpc) is 2.06. The Morgan fingerprint density at radius 2 is 2.00 bits per heavy atom. The van der Waals surface area contributed by atoms with Crippen LogP contribution in [0.3, 0.4) is 0 Å². The zero-order valence-corrected chi connectivity index (χ0v) is 6.96. The monoisotopic (exact) mass is 166 g/mol. The lowest BCUT2D eigenvalue weighted by Crippen LogP contribution is -2.14. The topological polar surface area (TPSA) is 17.1 Å². The first kappa shape index (κ1) is 8.91. The molecule has 0 bridgehead atoms. The number of ketones is 1. The number of alkyl halides is 1. The van der Waals surface area contributed by atoms with Crippen LogP contribution in [-0.4, -0.2) is 12.0 Å². The van der Waals surface area contributed by atoms with E-state index in [1.54, 1.807) is 0 Å². The van der Waals surface area contributed by atoms with Gasteiger partial charge in [-0.25, -0.2) is 4.39 Å². The number of halogens is 1. The molecule has 1 unspecified atom stereocenters. The summed E-state index contributed by atoms with van der Waals surface area (Å²) in [5.74, 6) is -0.404. The van der Waals surface area contributed by atoms with Crippen molar-refractivity contribution in [3.05, 3.63) is 35.9 Å². The van der Waals surface area contributed by atoms with Crippen LogP contribution in [0.5, 0.6) is 0 Å². The Morgan fingerprint density at radius 1 is 1.42 bits per heavy atom. The lowest BCUT2D eigenvalue weighted by atomic mass is 10.1. The Balaban J connectivity index is 2.58.